The van der Waals surface area contributed by atoms with Crippen LogP contribution in [0.4, 0.5) is 0 Å². The molecule has 27 heavy (non-hydrogen) atoms. The number of rotatable bonds is 6. The molecular formula is C19H23N5O3. The standard InChI is InChI=1S/C19H23N5O3/c1-12(25)17-10-20-23-24(17)11-13-7-15(8-13)21-19(26)18-9-16(22-27-18)14-5-3-2-4-6-14/h2-6,9-10,12-13,15,20,23,25H,7-8,11H2,1H3,(H,21,26)/t12-,13?,15?/m0/s1. The fraction of sp³-hybridized carbons (Fsp3) is 0.368. The first kappa shape index (κ1) is 17.6. The molecule has 2 aliphatic rings. The molecule has 4 rings (SSSR count). The quantitative estimate of drug-likeness (QED) is 0.610. The van der Waals surface area contributed by atoms with Crippen LogP contribution in [0.15, 0.2) is 52.8 Å². The van der Waals surface area contributed by atoms with E-state index in [0.29, 0.717) is 11.6 Å². The molecular weight excluding hydrogens is 346 g/mol. The second-order valence-electron chi connectivity index (χ2n) is 7.06. The van der Waals surface area contributed by atoms with Gasteiger partial charge >= 0.3 is 0 Å². The van der Waals surface area contributed by atoms with Crippen molar-refractivity contribution in [3.05, 3.63) is 54.1 Å². The molecule has 0 radical (unpaired) electrons. The predicted molar refractivity (Wildman–Crippen MR) is 98.7 cm³/mol. The van der Waals surface area contributed by atoms with E-state index in [-0.39, 0.29) is 17.7 Å². The number of aromatic nitrogens is 1. The molecule has 0 bridgehead atoms. The molecule has 142 valence electrons. The Bertz CT molecular complexity index is 827. The van der Waals surface area contributed by atoms with E-state index < -0.39 is 6.10 Å². The van der Waals surface area contributed by atoms with Crippen LogP contribution in [0.25, 0.3) is 11.3 Å². The van der Waals surface area contributed by atoms with Crippen molar-refractivity contribution in [2.75, 3.05) is 6.54 Å². The number of carbonyl (C=O) groups is 1. The summed E-state index contributed by atoms with van der Waals surface area (Å²) in [4.78, 5) is 12.4. The van der Waals surface area contributed by atoms with Crippen molar-refractivity contribution in [2.45, 2.75) is 31.9 Å². The molecule has 1 aliphatic heterocycles. The Hall–Kier alpha value is -2.84. The minimum Gasteiger partial charge on any atom is -0.387 e. The Morgan fingerprint density at radius 2 is 2.19 bits per heavy atom. The second kappa shape index (κ2) is 7.42. The van der Waals surface area contributed by atoms with Gasteiger partial charge in [-0.25, -0.2) is 0 Å². The summed E-state index contributed by atoms with van der Waals surface area (Å²) < 4.78 is 5.20. The molecule has 1 aromatic carbocycles. The van der Waals surface area contributed by atoms with Crippen molar-refractivity contribution in [2.24, 2.45) is 5.92 Å². The van der Waals surface area contributed by atoms with Crippen LogP contribution in [0.2, 0.25) is 0 Å². The molecule has 8 nitrogen and oxygen atoms in total. The topological polar surface area (TPSA) is 103 Å². The van der Waals surface area contributed by atoms with E-state index in [4.69, 9.17) is 4.52 Å². The Morgan fingerprint density at radius 1 is 1.41 bits per heavy atom. The third kappa shape index (κ3) is 3.81. The molecule has 1 amide bonds. The van der Waals surface area contributed by atoms with Crippen LogP contribution in [0.3, 0.4) is 0 Å². The zero-order chi connectivity index (χ0) is 18.8. The van der Waals surface area contributed by atoms with Crippen LogP contribution in [0, 0.1) is 5.92 Å². The summed E-state index contributed by atoms with van der Waals surface area (Å²) in [6, 6.07) is 11.4. The van der Waals surface area contributed by atoms with Crippen molar-refractivity contribution >= 4 is 5.91 Å². The van der Waals surface area contributed by atoms with Gasteiger partial charge in [-0.05, 0) is 25.7 Å². The van der Waals surface area contributed by atoms with Crippen LogP contribution in [0.1, 0.15) is 30.3 Å². The van der Waals surface area contributed by atoms with Crippen LogP contribution < -0.4 is 16.3 Å². The van der Waals surface area contributed by atoms with Gasteiger partial charge in [-0.3, -0.25) is 9.80 Å². The molecule has 2 aromatic rings. The molecule has 8 heteroatoms. The van der Waals surface area contributed by atoms with E-state index in [1.54, 1.807) is 19.2 Å². The largest absolute Gasteiger partial charge is 0.387 e. The van der Waals surface area contributed by atoms with Gasteiger partial charge in [-0.1, -0.05) is 35.5 Å². The third-order valence-corrected chi connectivity index (χ3v) is 4.97. The van der Waals surface area contributed by atoms with E-state index in [1.807, 2.05) is 35.3 Å². The lowest BCUT2D eigenvalue weighted by atomic mass is 9.80. The number of aliphatic hydroxyl groups excluding tert-OH is 1. The summed E-state index contributed by atoms with van der Waals surface area (Å²) in [5.41, 5.74) is 8.29. The third-order valence-electron chi connectivity index (χ3n) is 4.97. The number of benzene rings is 1. The van der Waals surface area contributed by atoms with E-state index in [0.717, 1.165) is 30.6 Å². The second-order valence-corrected chi connectivity index (χ2v) is 7.06. The van der Waals surface area contributed by atoms with E-state index >= 15 is 0 Å². The van der Waals surface area contributed by atoms with Gasteiger partial charge < -0.3 is 20.4 Å². The molecule has 1 atom stereocenters. The van der Waals surface area contributed by atoms with Gasteiger partial charge in [0, 0.05) is 30.4 Å². The fourth-order valence-electron chi connectivity index (χ4n) is 3.47. The van der Waals surface area contributed by atoms with E-state index in [1.165, 1.54) is 0 Å². The fourth-order valence-corrected chi connectivity index (χ4v) is 3.47. The van der Waals surface area contributed by atoms with Crippen molar-refractivity contribution in [3.63, 3.8) is 0 Å². The Labute approximate surface area is 157 Å². The molecule has 0 unspecified atom stereocenters. The first-order valence-electron chi connectivity index (χ1n) is 9.10. The molecule has 1 aromatic heterocycles. The lowest BCUT2D eigenvalue weighted by molar-refractivity contribution is 0.0789. The summed E-state index contributed by atoms with van der Waals surface area (Å²) in [7, 11) is 0. The highest BCUT2D eigenvalue weighted by atomic mass is 16.5. The molecule has 2 heterocycles. The first-order valence-corrected chi connectivity index (χ1v) is 9.10. The van der Waals surface area contributed by atoms with Crippen LogP contribution in [-0.2, 0) is 0 Å². The van der Waals surface area contributed by atoms with Gasteiger partial charge in [0.1, 0.15) is 5.69 Å². The number of hydrazine groups is 2. The molecule has 0 saturated heterocycles. The Balaban J connectivity index is 1.26. The van der Waals surface area contributed by atoms with Gasteiger partial charge in [0.05, 0.1) is 11.8 Å². The monoisotopic (exact) mass is 369 g/mol. The van der Waals surface area contributed by atoms with Crippen LogP contribution in [0.5, 0.6) is 0 Å². The Kier molecular flexibility index (Phi) is 4.83. The number of hydrogen-bond donors (Lipinski definition) is 4. The number of aliphatic hydroxyl groups is 1. The zero-order valence-electron chi connectivity index (χ0n) is 15.1. The minimum atomic E-state index is -0.534. The number of hydrogen-bond acceptors (Lipinski definition) is 7. The molecule has 4 N–H and O–H groups in total. The average Bonchev–Trinajstić information content (AvgIpc) is 3.30. The molecule has 1 saturated carbocycles. The highest BCUT2D eigenvalue weighted by Gasteiger charge is 2.34. The lowest BCUT2D eigenvalue weighted by Gasteiger charge is -2.38. The van der Waals surface area contributed by atoms with Crippen molar-refractivity contribution in [3.8, 4) is 11.3 Å². The number of carbonyl (C=O) groups excluding carboxylic acids is 1. The normalized spacial score (nSPS) is 22.6. The highest BCUT2D eigenvalue weighted by Crippen LogP contribution is 2.30. The van der Waals surface area contributed by atoms with Gasteiger partial charge in [0.2, 0.25) is 5.76 Å². The first-order chi connectivity index (χ1) is 13.1. The SMILES string of the molecule is C[C@H](O)C1=CNNN1CC1CC(NC(=O)c2cc(-c3ccccc3)no2)C1. The summed E-state index contributed by atoms with van der Waals surface area (Å²) in [6.45, 7) is 2.51. The van der Waals surface area contributed by atoms with Crippen molar-refractivity contribution < 1.29 is 14.4 Å². The molecule has 1 fully saturated rings. The van der Waals surface area contributed by atoms with Crippen LogP contribution >= 0.6 is 0 Å². The van der Waals surface area contributed by atoms with Crippen LogP contribution in [-0.4, -0.2) is 39.9 Å². The van der Waals surface area contributed by atoms with E-state index in [2.05, 4.69) is 21.4 Å². The van der Waals surface area contributed by atoms with Gasteiger partial charge in [-0.2, -0.15) is 0 Å². The Morgan fingerprint density at radius 3 is 2.93 bits per heavy atom. The maximum atomic E-state index is 12.4. The maximum Gasteiger partial charge on any atom is 0.290 e. The predicted octanol–water partition coefficient (Wildman–Crippen LogP) is 1.40. The molecule has 0 spiro atoms. The minimum absolute atomic E-state index is 0.127. The summed E-state index contributed by atoms with van der Waals surface area (Å²) in [5.74, 6) is 0.431. The number of nitrogens with zero attached hydrogens (tertiary/aromatic N) is 2. The van der Waals surface area contributed by atoms with E-state index in [9.17, 15) is 9.90 Å². The summed E-state index contributed by atoms with van der Waals surface area (Å²) >= 11 is 0. The van der Waals surface area contributed by atoms with Gasteiger partial charge in [0.25, 0.3) is 5.91 Å². The number of amides is 1. The smallest absolute Gasteiger partial charge is 0.290 e. The maximum absolute atomic E-state index is 12.4. The lowest BCUT2D eigenvalue weighted by Crippen LogP contribution is -2.50. The van der Waals surface area contributed by atoms with Gasteiger partial charge in [0.15, 0.2) is 0 Å². The van der Waals surface area contributed by atoms with Crippen molar-refractivity contribution in [1.82, 2.24) is 26.4 Å². The summed E-state index contributed by atoms with van der Waals surface area (Å²) in [6.07, 6.45) is 3.00. The molecule has 1 aliphatic carbocycles. The summed E-state index contributed by atoms with van der Waals surface area (Å²) in [5, 5.41) is 18.6. The average molecular weight is 369 g/mol. The van der Waals surface area contributed by atoms with Crippen molar-refractivity contribution in [1.29, 1.82) is 0 Å². The number of nitrogens with one attached hydrogen (secondary N) is 3. The van der Waals surface area contributed by atoms with Gasteiger partial charge in [-0.15, -0.1) is 5.53 Å². The highest BCUT2D eigenvalue weighted by molar-refractivity contribution is 5.92. The zero-order valence-corrected chi connectivity index (χ0v) is 15.1.